The van der Waals surface area contributed by atoms with E-state index in [1.165, 1.54) is 0 Å². The molecule has 0 spiro atoms. The number of carbonyl (C=O) groups is 2. The molecule has 1 heterocycles. The number of para-hydroxylation sites is 1. The highest BCUT2D eigenvalue weighted by Gasteiger charge is 2.37. The highest BCUT2D eigenvalue weighted by atomic mass is 16.5. The Balaban J connectivity index is 1.84. The maximum Gasteiger partial charge on any atom is 0.256 e. The number of ether oxygens (including phenoxy) is 1. The third-order valence-electron chi connectivity index (χ3n) is 5.15. The van der Waals surface area contributed by atoms with Crippen LogP contribution in [0.1, 0.15) is 30.9 Å². The van der Waals surface area contributed by atoms with Crippen molar-refractivity contribution in [2.75, 3.05) is 16.8 Å². The zero-order valence-electron chi connectivity index (χ0n) is 17.1. The minimum absolute atomic E-state index is 0.185. The molecular weight excluding hydrogens is 364 g/mol. The predicted octanol–water partition coefficient (Wildman–Crippen LogP) is 4.26. The Bertz CT molecular complexity index is 876. The fourth-order valence-electron chi connectivity index (χ4n) is 3.52. The number of carbonyl (C=O) groups excluding carboxylic acids is 2. The lowest BCUT2D eigenvalue weighted by molar-refractivity contribution is -0.131. The molecule has 1 aliphatic heterocycles. The van der Waals surface area contributed by atoms with E-state index in [1.807, 2.05) is 55.5 Å². The SMILES string of the molecule is C=CCCOC(C)C(=O)N1c2ccccc2CCC1C(=O)Nc1ccc(C)cc1. The first-order valence-corrected chi connectivity index (χ1v) is 10.0. The van der Waals surface area contributed by atoms with Crippen LogP contribution in [-0.2, 0) is 20.7 Å². The Labute approximate surface area is 172 Å². The van der Waals surface area contributed by atoms with Crippen molar-refractivity contribution < 1.29 is 14.3 Å². The van der Waals surface area contributed by atoms with Crippen LogP contribution in [0.15, 0.2) is 61.2 Å². The standard InChI is InChI=1S/C24H28N2O3/c1-4-5-16-29-18(3)24(28)26-21-9-7-6-8-19(21)12-15-22(26)23(27)25-20-13-10-17(2)11-14-20/h4,6-11,13-14,18,22H,1,5,12,15-16H2,2-3H3,(H,25,27). The van der Waals surface area contributed by atoms with Crippen molar-refractivity contribution in [3.05, 3.63) is 72.3 Å². The van der Waals surface area contributed by atoms with Crippen LogP contribution in [-0.4, -0.2) is 30.6 Å². The van der Waals surface area contributed by atoms with Gasteiger partial charge in [0.1, 0.15) is 12.1 Å². The first-order chi connectivity index (χ1) is 14.0. The van der Waals surface area contributed by atoms with Crippen molar-refractivity contribution in [2.24, 2.45) is 0 Å². The van der Waals surface area contributed by atoms with Crippen molar-refractivity contribution in [1.82, 2.24) is 0 Å². The van der Waals surface area contributed by atoms with Crippen molar-refractivity contribution in [2.45, 2.75) is 45.3 Å². The summed E-state index contributed by atoms with van der Waals surface area (Å²) in [6.07, 6.45) is 3.10. The zero-order chi connectivity index (χ0) is 20.8. The van der Waals surface area contributed by atoms with E-state index in [0.717, 1.165) is 28.9 Å². The summed E-state index contributed by atoms with van der Waals surface area (Å²) in [5.74, 6) is -0.389. The van der Waals surface area contributed by atoms with Gasteiger partial charge in [0.05, 0.1) is 6.61 Å². The molecule has 152 valence electrons. The van der Waals surface area contributed by atoms with Gasteiger partial charge in [0.15, 0.2) is 0 Å². The van der Waals surface area contributed by atoms with E-state index in [4.69, 9.17) is 4.74 Å². The third-order valence-corrected chi connectivity index (χ3v) is 5.15. The number of anilines is 2. The number of nitrogens with zero attached hydrogens (tertiary/aromatic N) is 1. The molecule has 2 atom stereocenters. The molecule has 0 aliphatic carbocycles. The first kappa shape index (κ1) is 20.8. The number of aryl methyl sites for hydroxylation is 2. The average Bonchev–Trinajstić information content (AvgIpc) is 2.74. The largest absolute Gasteiger partial charge is 0.368 e. The fourth-order valence-corrected chi connectivity index (χ4v) is 3.52. The van der Waals surface area contributed by atoms with E-state index in [-0.39, 0.29) is 11.8 Å². The van der Waals surface area contributed by atoms with Crippen LogP contribution >= 0.6 is 0 Å². The molecule has 2 amide bonds. The number of rotatable bonds is 7. The molecule has 0 radical (unpaired) electrons. The maximum atomic E-state index is 13.3. The van der Waals surface area contributed by atoms with E-state index in [9.17, 15) is 9.59 Å². The van der Waals surface area contributed by atoms with Crippen molar-refractivity contribution in [3.8, 4) is 0 Å². The summed E-state index contributed by atoms with van der Waals surface area (Å²) >= 11 is 0. The average molecular weight is 392 g/mol. The van der Waals surface area contributed by atoms with Gasteiger partial charge in [0, 0.05) is 11.4 Å². The zero-order valence-corrected chi connectivity index (χ0v) is 17.1. The highest BCUT2D eigenvalue weighted by Crippen LogP contribution is 2.32. The molecule has 0 bridgehead atoms. The summed E-state index contributed by atoms with van der Waals surface area (Å²) < 4.78 is 5.68. The maximum absolute atomic E-state index is 13.3. The third kappa shape index (κ3) is 4.93. The summed E-state index contributed by atoms with van der Waals surface area (Å²) in [6, 6.07) is 14.8. The summed E-state index contributed by atoms with van der Waals surface area (Å²) in [7, 11) is 0. The van der Waals surface area contributed by atoms with Crippen LogP contribution in [0, 0.1) is 6.92 Å². The van der Waals surface area contributed by atoms with Gasteiger partial charge in [0.25, 0.3) is 5.91 Å². The Morgan fingerprint density at radius 1 is 1.24 bits per heavy atom. The second-order valence-corrected chi connectivity index (χ2v) is 7.34. The highest BCUT2D eigenvalue weighted by molar-refractivity contribution is 6.07. The number of fused-ring (bicyclic) bond motifs is 1. The monoisotopic (exact) mass is 392 g/mol. The minimum atomic E-state index is -0.643. The van der Waals surface area contributed by atoms with Gasteiger partial charge in [-0.3, -0.25) is 14.5 Å². The number of hydrogen-bond acceptors (Lipinski definition) is 3. The van der Waals surface area contributed by atoms with Gasteiger partial charge < -0.3 is 10.1 Å². The minimum Gasteiger partial charge on any atom is -0.368 e. The van der Waals surface area contributed by atoms with Gasteiger partial charge in [-0.15, -0.1) is 6.58 Å². The van der Waals surface area contributed by atoms with Crippen LogP contribution < -0.4 is 10.2 Å². The van der Waals surface area contributed by atoms with Gasteiger partial charge in [-0.2, -0.15) is 0 Å². The number of nitrogens with one attached hydrogen (secondary N) is 1. The Morgan fingerprint density at radius 3 is 2.69 bits per heavy atom. The van der Waals surface area contributed by atoms with Gasteiger partial charge in [-0.25, -0.2) is 0 Å². The molecule has 3 rings (SSSR count). The summed E-state index contributed by atoms with van der Waals surface area (Å²) in [5.41, 5.74) is 3.70. The molecule has 0 saturated carbocycles. The molecule has 5 heteroatoms. The lowest BCUT2D eigenvalue weighted by atomic mass is 9.94. The molecule has 2 aromatic carbocycles. The summed E-state index contributed by atoms with van der Waals surface area (Å²) in [4.78, 5) is 28.0. The molecule has 2 unspecified atom stereocenters. The molecule has 2 aromatic rings. The van der Waals surface area contributed by atoms with Gasteiger partial charge >= 0.3 is 0 Å². The van der Waals surface area contributed by atoms with Crippen LogP contribution in [0.25, 0.3) is 0 Å². The molecule has 1 aliphatic rings. The summed E-state index contributed by atoms with van der Waals surface area (Å²) in [6.45, 7) is 7.83. The number of hydrogen-bond donors (Lipinski definition) is 1. The van der Waals surface area contributed by atoms with Crippen molar-refractivity contribution in [3.63, 3.8) is 0 Å². The molecule has 1 N–H and O–H groups in total. The Hall–Kier alpha value is -2.92. The van der Waals surface area contributed by atoms with E-state index < -0.39 is 12.1 Å². The molecule has 29 heavy (non-hydrogen) atoms. The molecule has 5 nitrogen and oxygen atoms in total. The van der Waals surface area contributed by atoms with E-state index in [2.05, 4.69) is 11.9 Å². The van der Waals surface area contributed by atoms with Crippen molar-refractivity contribution in [1.29, 1.82) is 0 Å². The normalized spacial score (nSPS) is 16.6. The predicted molar refractivity (Wildman–Crippen MR) is 116 cm³/mol. The number of amides is 2. The van der Waals surface area contributed by atoms with Crippen LogP contribution in [0.2, 0.25) is 0 Å². The lowest BCUT2D eigenvalue weighted by Gasteiger charge is -2.37. The van der Waals surface area contributed by atoms with E-state index in [0.29, 0.717) is 19.4 Å². The Kier molecular flexibility index (Phi) is 6.83. The fraction of sp³-hybridized carbons (Fsp3) is 0.333. The quantitative estimate of drug-likeness (QED) is 0.566. The molecule has 0 saturated heterocycles. The topological polar surface area (TPSA) is 58.6 Å². The van der Waals surface area contributed by atoms with Gasteiger partial charge in [-0.1, -0.05) is 42.0 Å². The molecule has 0 aromatic heterocycles. The first-order valence-electron chi connectivity index (χ1n) is 10.0. The second kappa shape index (κ2) is 9.52. The van der Waals surface area contributed by atoms with Gasteiger partial charge in [0.2, 0.25) is 5.91 Å². The van der Waals surface area contributed by atoms with E-state index in [1.54, 1.807) is 17.9 Å². The second-order valence-electron chi connectivity index (χ2n) is 7.34. The van der Waals surface area contributed by atoms with Gasteiger partial charge in [-0.05, 0) is 56.9 Å². The Morgan fingerprint density at radius 2 is 1.97 bits per heavy atom. The molecule has 0 fully saturated rings. The van der Waals surface area contributed by atoms with Crippen LogP contribution in [0.4, 0.5) is 11.4 Å². The summed E-state index contributed by atoms with van der Waals surface area (Å²) in [5, 5.41) is 2.96. The van der Waals surface area contributed by atoms with Crippen LogP contribution in [0.3, 0.4) is 0 Å². The smallest absolute Gasteiger partial charge is 0.256 e. The lowest BCUT2D eigenvalue weighted by Crippen LogP contribution is -2.53. The number of benzene rings is 2. The van der Waals surface area contributed by atoms with Crippen molar-refractivity contribution >= 4 is 23.2 Å². The van der Waals surface area contributed by atoms with Crippen LogP contribution in [0.5, 0.6) is 0 Å². The molecular formula is C24H28N2O3. The van der Waals surface area contributed by atoms with E-state index >= 15 is 0 Å².